The molecule has 0 heterocycles. The van der Waals surface area contributed by atoms with E-state index in [1.54, 1.807) is 36.4 Å². The van der Waals surface area contributed by atoms with Crippen LogP contribution in [0.2, 0.25) is 0 Å². The molecular formula is C24H24BrNO4S. The van der Waals surface area contributed by atoms with Crippen LogP contribution in [0.25, 0.3) is 0 Å². The summed E-state index contributed by atoms with van der Waals surface area (Å²) in [6, 6.07) is 20.4. The van der Waals surface area contributed by atoms with Crippen molar-refractivity contribution in [1.29, 1.82) is 0 Å². The average Bonchev–Trinajstić information content (AvgIpc) is 2.79. The molecule has 0 aliphatic rings. The second-order valence-electron chi connectivity index (χ2n) is 6.89. The van der Waals surface area contributed by atoms with Gasteiger partial charge < -0.3 is 4.74 Å². The Morgan fingerprint density at radius 2 is 1.61 bits per heavy atom. The van der Waals surface area contributed by atoms with E-state index in [9.17, 15) is 13.2 Å². The summed E-state index contributed by atoms with van der Waals surface area (Å²) in [6.45, 7) is 3.59. The second-order valence-corrected chi connectivity index (χ2v) is 9.59. The zero-order chi connectivity index (χ0) is 22.4. The Balaban J connectivity index is 1.95. The van der Waals surface area contributed by atoms with Crippen molar-refractivity contribution in [2.75, 3.05) is 10.9 Å². The zero-order valence-corrected chi connectivity index (χ0v) is 19.8. The summed E-state index contributed by atoms with van der Waals surface area (Å²) in [6.07, 6.45) is 1.53. The second kappa shape index (κ2) is 10.1. The predicted octanol–water partition coefficient (Wildman–Crippen LogP) is 5.37. The van der Waals surface area contributed by atoms with Gasteiger partial charge in [-0.2, -0.15) is 4.31 Å². The van der Waals surface area contributed by atoms with Gasteiger partial charge in [0.1, 0.15) is 5.75 Å². The number of amides is 1. The van der Waals surface area contributed by atoms with Crippen LogP contribution in [0.4, 0.5) is 5.69 Å². The van der Waals surface area contributed by atoms with Crippen LogP contribution in [0.3, 0.4) is 0 Å². The molecule has 0 N–H and O–H groups in total. The van der Waals surface area contributed by atoms with E-state index in [4.69, 9.17) is 4.74 Å². The molecule has 3 aromatic carbocycles. The highest BCUT2D eigenvalue weighted by molar-refractivity contribution is 9.10. The van der Waals surface area contributed by atoms with E-state index in [1.807, 2.05) is 38.1 Å². The average molecular weight is 502 g/mol. The molecule has 1 amide bonds. The fraction of sp³-hybridized carbons (Fsp3) is 0.208. The number of benzene rings is 3. The van der Waals surface area contributed by atoms with Crippen molar-refractivity contribution in [3.8, 4) is 5.75 Å². The lowest BCUT2D eigenvalue weighted by Crippen LogP contribution is -2.40. The lowest BCUT2D eigenvalue weighted by atomic mass is 10.1. The molecule has 0 unspecified atom stereocenters. The van der Waals surface area contributed by atoms with Gasteiger partial charge in [0.05, 0.1) is 10.6 Å². The molecule has 7 heteroatoms. The molecule has 0 bridgehead atoms. The number of ether oxygens (including phenoxy) is 1. The predicted molar refractivity (Wildman–Crippen MR) is 126 cm³/mol. The summed E-state index contributed by atoms with van der Waals surface area (Å²) in [5.74, 6) is -0.115. The third-order valence-electron chi connectivity index (χ3n) is 4.84. The highest BCUT2D eigenvalue weighted by Crippen LogP contribution is 2.27. The SMILES string of the molecule is CCc1ccc(N(C(=O)COc2ccc(Br)cc2CC)S(=O)(=O)c2ccccc2)cc1. The number of carbonyl (C=O) groups is 1. The fourth-order valence-corrected chi connectivity index (χ4v) is 4.99. The van der Waals surface area contributed by atoms with Crippen LogP contribution < -0.4 is 9.04 Å². The van der Waals surface area contributed by atoms with Gasteiger partial charge >= 0.3 is 0 Å². The number of aryl methyl sites for hydroxylation is 2. The van der Waals surface area contributed by atoms with E-state index in [2.05, 4.69) is 15.9 Å². The molecule has 31 heavy (non-hydrogen) atoms. The summed E-state index contributed by atoms with van der Waals surface area (Å²) in [4.78, 5) is 13.2. The van der Waals surface area contributed by atoms with Gasteiger partial charge in [-0.05, 0) is 66.4 Å². The van der Waals surface area contributed by atoms with Crippen LogP contribution in [0.1, 0.15) is 25.0 Å². The van der Waals surface area contributed by atoms with Crippen molar-refractivity contribution in [3.63, 3.8) is 0 Å². The molecule has 0 saturated carbocycles. The van der Waals surface area contributed by atoms with E-state index in [1.165, 1.54) is 12.1 Å². The normalized spacial score (nSPS) is 11.2. The number of rotatable bonds is 8. The topological polar surface area (TPSA) is 63.7 Å². The van der Waals surface area contributed by atoms with Gasteiger partial charge in [-0.15, -0.1) is 0 Å². The van der Waals surface area contributed by atoms with Crippen LogP contribution in [0, 0.1) is 0 Å². The largest absolute Gasteiger partial charge is 0.483 e. The van der Waals surface area contributed by atoms with E-state index < -0.39 is 22.5 Å². The van der Waals surface area contributed by atoms with Gasteiger partial charge in [-0.25, -0.2) is 8.42 Å². The first kappa shape index (κ1) is 23.0. The smallest absolute Gasteiger partial charge is 0.278 e. The highest BCUT2D eigenvalue weighted by Gasteiger charge is 2.31. The van der Waals surface area contributed by atoms with E-state index >= 15 is 0 Å². The Bertz CT molecular complexity index is 1150. The third-order valence-corrected chi connectivity index (χ3v) is 7.10. The Morgan fingerprint density at radius 3 is 2.23 bits per heavy atom. The molecule has 3 rings (SSSR count). The molecule has 0 fully saturated rings. The number of carbonyl (C=O) groups excluding carboxylic acids is 1. The van der Waals surface area contributed by atoms with Crippen LogP contribution in [0.15, 0.2) is 82.2 Å². The number of hydrogen-bond donors (Lipinski definition) is 0. The van der Waals surface area contributed by atoms with Crippen molar-refractivity contribution < 1.29 is 17.9 Å². The number of anilines is 1. The Morgan fingerprint density at radius 1 is 0.935 bits per heavy atom. The first-order valence-electron chi connectivity index (χ1n) is 10.00. The lowest BCUT2D eigenvalue weighted by molar-refractivity contribution is -0.119. The summed E-state index contributed by atoms with van der Waals surface area (Å²) < 4.78 is 34.2. The first-order valence-corrected chi connectivity index (χ1v) is 12.2. The summed E-state index contributed by atoms with van der Waals surface area (Å²) in [5.41, 5.74) is 2.25. The molecule has 0 aliphatic heterocycles. The number of sulfonamides is 1. The fourth-order valence-electron chi connectivity index (χ4n) is 3.14. The Hall–Kier alpha value is -2.64. The van der Waals surface area contributed by atoms with Gasteiger partial charge in [0, 0.05) is 4.47 Å². The molecule has 0 radical (unpaired) electrons. The standard InChI is InChI=1S/C24H24BrNO4S/c1-3-18-10-13-21(14-11-18)26(31(28,29)22-8-6-5-7-9-22)24(27)17-30-23-15-12-20(25)16-19(23)4-2/h5-16H,3-4,17H2,1-2H3. The molecule has 0 aromatic heterocycles. The summed E-state index contributed by atoms with van der Waals surface area (Å²) >= 11 is 3.42. The van der Waals surface area contributed by atoms with Gasteiger partial charge in [-0.3, -0.25) is 4.79 Å². The van der Waals surface area contributed by atoms with Crippen LogP contribution >= 0.6 is 15.9 Å². The Labute approximate surface area is 191 Å². The maximum Gasteiger partial charge on any atom is 0.278 e. The molecule has 0 aliphatic carbocycles. The molecule has 162 valence electrons. The van der Waals surface area contributed by atoms with E-state index in [0.29, 0.717) is 12.2 Å². The highest BCUT2D eigenvalue weighted by atomic mass is 79.9. The quantitative estimate of drug-likeness (QED) is 0.415. The number of hydrogen-bond acceptors (Lipinski definition) is 4. The minimum Gasteiger partial charge on any atom is -0.483 e. The van der Waals surface area contributed by atoms with Crippen LogP contribution in [-0.4, -0.2) is 20.9 Å². The van der Waals surface area contributed by atoms with Crippen LogP contribution in [-0.2, 0) is 27.7 Å². The van der Waals surface area contributed by atoms with Crippen LogP contribution in [0.5, 0.6) is 5.75 Å². The maximum absolute atomic E-state index is 13.4. The van der Waals surface area contributed by atoms with E-state index in [0.717, 1.165) is 26.3 Å². The molecule has 0 atom stereocenters. The van der Waals surface area contributed by atoms with Gasteiger partial charge in [0.25, 0.3) is 15.9 Å². The molecule has 0 spiro atoms. The number of nitrogens with zero attached hydrogens (tertiary/aromatic N) is 1. The molecule has 5 nitrogen and oxygen atoms in total. The monoisotopic (exact) mass is 501 g/mol. The maximum atomic E-state index is 13.4. The summed E-state index contributed by atoms with van der Waals surface area (Å²) in [7, 11) is -4.10. The van der Waals surface area contributed by atoms with E-state index in [-0.39, 0.29) is 10.6 Å². The van der Waals surface area contributed by atoms with Crippen molar-refractivity contribution in [1.82, 2.24) is 0 Å². The lowest BCUT2D eigenvalue weighted by Gasteiger charge is -2.23. The van der Waals surface area contributed by atoms with Crippen molar-refractivity contribution in [2.45, 2.75) is 31.6 Å². The van der Waals surface area contributed by atoms with Crippen molar-refractivity contribution >= 4 is 37.5 Å². The van der Waals surface area contributed by atoms with Gasteiger partial charge in [0.2, 0.25) is 0 Å². The van der Waals surface area contributed by atoms with Gasteiger partial charge in [-0.1, -0.05) is 60.1 Å². The van der Waals surface area contributed by atoms with Crippen molar-refractivity contribution in [2.24, 2.45) is 0 Å². The third kappa shape index (κ3) is 5.35. The molecule has 3 aromatic rings. The minimum atomic E-state index is -4.10. The molecule has 0 saturated heterocycles. The van der Waals surface area contributed by atoms with Crippen molar-refractivity contribution in [3.05, 3.63) is 88.4 Å². The molecular weight excluding hydrogens is 478 g/mol. The Kier molecular flexibility index (Phi) is 7.51. The zero-order valence-electron chi connectivity index (χ0n) is 17.4. The number of halogens is 1. The summed E-state index contributed by atoms with van der Waals surface area (Å²) in [5, 5.41) is 0. The van der Waals surface area contributed by atoms with Gasteiger partial charge in [0.15, 0.2) is 6.61 Å². The first-order chi connectivity index (χ1) is 14.9. The minimum absolute atomic E-state index is 0.0424.